The van der Waals surface area contributed by atoms with E-state index in [1.807, 2.05) is 13.0 Å². The quantitative estimate of drug-likeness (QED) is 0.425. The van der Waals surface area contributed by atoms with Gasteiger partial charge in [-0.1, -0.05) is 0 Å². The number of aromatic amines is 1. The van der Waals surface area contributed by atoms with Crippen LogP contribution in [0, 0.1) is 18.6 Å². The molecule has 5 rings (SSSR count). The highest BCUT2D eigenvalue weighted by Gasteiger charge is 2.23. The number of rotatable bonds is 6. The smallest absolute Gasteiger partial charge is 0.171 e. The second-order valence-electron chi connectivity index (χ2n) is 9.14. The largest absolute Gasteiger partial charge is 0.494 e. The van der Waals surface area contributed by atoms with Crippen molar-refractivity contribution in [2.75, 3.05) is 34.4 Å². The number of pyridine rings is 1. The number of hydrogen-bond donors (Lipinski definition) is 1. The molecule has 0 aliphatic carbocycles. The zero-order chi connectivity index (χ0) is 24.7. The number of aromatic nitrogens is 4. The van der Waals surface area contributed by atoms with E-state index in [0.29, 0.717) is 11.7 Å². The average molecular weight is 482 g/mol. The van der Waals surface area contributed by atoms with Crippen LogP contribution in [0.1, 0.15) is 35.7 Å². The number of nitrogens with zero attached hydrogens (tertiary/aromatic N) is 4. The highest BCUT2D eigenvalue weighted by atomic mass is 19.1. The van der Waals surface area contributed by atoms with Crippen molar-refractivity contribution in [1.29, 1.82) is 0 Å². The first-order chi connectivity index (χ1) is 16.9. The van der Waals surface area contributed by atoms with Crippen LogP contribution in [0.4, 0.5) is 8.78 Å². The summed E-state index contributed by atoms with van der Waals surface area (Å²) >= 11 is 0. The number of nitrogens with one attached hydrogen (secondary N) is 1. The Morgan fingerprint density at radius 2 is 1.77 bits per heavy atom. The fourth-order valence-electron chi connectivity index (χ4n) is 4.85. The Bertz CT molecular complexity index is 1340. The molecule has 1 aromatic carbocycles. The molecule has 184 valence electrons. The second kappa shape index (κ2) is 9.30. The lowest BCUT2D eigenvalue weighted by molar-refractivity contribution is 0.212. The molecule has 3 aromatic heterocycles. The first kappa shape index (κ1) is 23.3. The zero-order valence-corrected chi connectivity index (χ0v) is 20.4. The molecule has 1 aliphatic rings. The van der Waals surface area contributed by atoms with Gasteiger partial charge in [0.05, 0.1) is 26.0 Å². The van der Waals surface area contributed by atoms with Gasteiger partial charge in [0, 0.05) is 53.2 Å². The lowest BCUT2D eigenvalue weighted by Crippen LogP contribution is -2.31. The molecule has 0 spiro atoms. The maximum atomic E-state index is 15.0. The molecular weight excluding hydrogens is 452 g/mol. The summed E-state index contributed by atoms with van der Waals surface area (Å²) in [5.74, 6) is -1.60. The van der Waals surface area contributed by atoms with Crippen molar-refractivity contribution in [3.63, 3.8) is 0 Å². The average Bonchev–Trinajstić information content (AvgIpc) is 3.45. The van der Waals surface area contributed by atoms with E-state index < -0.39 is 11.6 Å². The summed E-state index contributed by atoms with van der Waals surface area (Å²) in [6.07, 6.45) is 7.79. The Morgan fingerprint density at radius 1 is 1.09 bits per heavy atom. The van der Waals surface area contributed by atoms with Gasteiger partial charge in [0.15, 0.2) is 23.1 Å². The minimum absolute atomic E-state index is 0.0181. The number of piperidine rings is 1. The molecule has 1 saturated heterocycles. The van der Waals surface area contributed by atoms with Crippen molar-refractivity contribution >= 4 is 11.0 Å². The Kier molecular flexibility index (Phi) is 6.19. The van der Waals surface area contributed by atoms with E-state index in [4.69, 9.17) is 14.6 Å². The summed E-state index contributed by atoms with van der Waals surface area (Å²) in [4.78, 5) is 10.0. The van der Waals surface area contributed by atoms with Crippen LogP contribution in [-0.2, 0) is 6.42 Å². The molecule has 0 radical (unpaired) electrons. The third-order valence-electron chi connectivity index (χ3n) is 6.94. The minimum Gasteiger partial charge on any atom is -0.494 e. The highest BCUT2D eigenvalue weighted by molar-refractivity contribution is 5.85. The van der Waals surface area contributed by atoms with Crippen molar-refractivity contribution in [1.82, 2.24) is 24.6 Å². The first-order valence-electron chi connectivity index (χ1n) is 11.7. The molecule has 0 saturated carbocycles. The third-order valence-corrected chi connectivity index (χ3v) is 6.94. The van der Waals surface area contributed by atoms with E-state index in [2.05, 4.69) is 32.8 Å². The maximum absolute atomic E-state index is 15.0. The molecule has 4 aromatic rings. The molecule has 0 amide bonds. The lowest BCUT2D eigenvalue weighted by atomic mass is 10.0. The fourth-order valence-corrected chi connectivity index (χ4v) is 4.85. The third kappa shape index (κ3) is 4.25. The predicted octanol–water partition coefficient (Wildman–Crippen LogP) is 4.89. The van der Waals surface area contributed by atoms with Crippen LogP contribution in [0.2, 0.25) is 0 Å². The number of methoxy groups -OCH3 is 2. The number of H-pyrrole nitrogens is 1. The molecule has 0 atom stereocenters. The summed E-state index contributed by atoms with van der Waals surface area (Å²) in [5, 5.41) is 5.59. The molecule has 1 aliphatic heterocycles. The zero-order valence-electron chi connectivity index (χ0n) is 20.4. The van der Waals surface area contributed by atoms with E-state index in [0.717, 1.165) is 53.7 Å². The van der Waals surface area contributed by atoms with Gasteiger partial charge >= 0.3 is 0 Å². The first-order valence-corrected chi connectivity index (χ1v) is 11.7. The summed E-state index contributed by atoms with van der Waals surface area (Å²) in [7, 11) is 4.83. The van der Waals surface area contributed by atoms with E-state index in [1.165, 1.54) is 20.3 Å². The lowest BCUT2D eigenvalue weighted by Gasteiger charge is -2.29. The van der Waals surface area contributed by atoms with Crippen molar-refractivity contribution in [3.8, 4) is 22.6 Å². The van der Waals surface area contributed by atoms with Crippen molar-refractivity contribution in [2.24, 2.45) is 0 Å². The number of ether oxygens (including phenoxy) is 2. The van der Waals surface area contributed by atoms with Crippen LogP contribution >= 0.6 is 0 Å². The van der Waals surface area contributed by atoms with Gasteiger partial charge < -0.3 is 19.4 Å². The normalized spacial score (nSPS) is 15.1. The molecule has 4 heterocycles. The van der Waals surface area contributed by atoms with Crippen LogP contribution in [0.15, 0.2) is 30.7 Å². The predicted molar refractivity (Wildman–Crippen MR) is 130 cm³/mol. The van der Waals surface area contributed by atoms with Crippen LogP contribution in [0.5, 0.6) is 11.5 Å². The number of aryl methyl sites for hydroxylation is 1. The maximum Gasteiger partial charge on any atom is 0.171 e. The highest BCUT2D eigenvalue weighted by Crippen LogP contribution is 2.35. The van der Waals surface area contributed by atoms with Gasteiger partial charge in [-0.3, -0.25) is 4.68 Å². The van der Waals surface area contributed by atoms with Crippen LogP contribution < -0.4 is 9.47 Å². The monoisotopic (exact) mass is 481 g/mol. The summed E-state index contributed by atoms with van der Waals surface area (Å²) in [5.41, 5.74) is 4.11. The van der Waals surface area contributed by atoms with E-state index in [-0.39, 0.29) is 23.5 Å². The fraction of sp³-hybridized carbons (Fsp3) is 0.385. The summed E-state index contributed by atoms with van der Waals surface area (Å²) < 4.78 is 42.2. The molecule has 9 heteroatoms. The van der Waals surface area contributed by atoms with Gasteiger partial charge in [-0.2, -0.15) is 5.10 Å². The van der Waals surface area contributed by atoms with E-state index >= 15 is 0 Å². The van der Waals surface area contributed by atoms with Crippen molar-refractivity contribution in [2.45, 2.75) is 32.2 Å². The van der Waals surface area contributed by atoms with Crippen LogP contribution in [0.25, 0.3) is 22.2 Å². The van der Waals surface area contributed by atoms with Gasteiger partial charge in [0.1, 0.15) is 5.65 Å². The van der Waals surface area contributed by atoms with Crippen molar-refractivity contribution < 1.29 is 18.3 Å². The summed E-state index contributed by atoms with van der Waals surface area (Å²) in [6.45, 7) is 4.11. The number of likely N-dealkylation sites (tertiary alicyclic amines) is 1. The van der Waals surface area contributed by atoms with Gasteiger partial charge in [-0.05, 0) is 51.5 Å². The Balaban J connectivity index is 1.50. The Morgan fingerprint density at radius 3 is 2.43 bits per heavy atom. The molecular formula is C26H29F2N5O2. The van der Waals surface area contributed by atoms with E-state index in [1.54, 1.807) is 12.4 Å². The molecule has 0 unspecified atom stereocenters. The molecule has 1 fully saturated rings. The topological polar surface area (TPSA) is 68.2 Å². The standard InChI is InChI=1S/C26H29F2N5O2/c1-15-21(14-33(31-15)18-5-7-32(2)8-6-18)17-9-19-16(12-29-26(19)30-13-17)10-20-24(27)22(34-3)11-23(35-4)25(20)28/h9,11-14,18H,5-8,10H2,1-4H3,(H,29,30). The SMILES string of the molecule is COc1cc(OC)c(F)c(Cc2c[nH]c3ncc(-c4cn(C5CCN(C)CC5)nc4C)cc23)c1F. The second-order valence-corrected chi connectivity index (χ2v) is 9.14. The number of halogens is 2. The van der Waals surface area contributed by atoms with Crippen molar-refractivity contribution in [3.05, 3.63) is 59.2 Å². The van der Waals surface area contributed by atoms with E-state index in [9.17, 15) is 8.78 Å². The molecule has 1 N–H and O–H groups in total. The molecule has 35 heavy (non-hydrogen) atoms. The van der Waals surface area contributed by atoms with Gasteiger partial charge in [-0.25, -0.2) is 13.8 Å². The van der Waals surface area contributed by atoms with Gasteiger partial charge in [-0.15, -0.1) is 0 Å². The molecule has 7 nitrogen and oxygen atoms in total. The Hall–Kier alpha value is -3.46. The number of hydrogen-bond acceptors (Lipinski definition) is 5. The summed E-state index contributed by atoms with van der Waals surface area (Å²) in [6, 6.07) is 3.60. The number of fused-ring (bicyclic) bond motifs is 1. The Labute approximate surface area is 202 Å². The molecule has 0 bridgehead atoms. The van der Waals surface area contributed by atoms with Gasteiger partial charge in [0.25, 0.3) is 0 Å². The minimum atomic E-state index is -0.737. The number of benzene rings is 1. The van der Waals surface area contributed by atoms with Crippen LogP contribution in [-0.4, -0.2) is 59.0 Å². The van der Waals surface area contributed by atoms with Gasteiger partial charge in [0.2, 0.25) is 0 Å². The van der Waals surface area contributed by atoms with Crippen LogP contribution in [0.3, 0.4) is 0 Å².